The minimum absolute atomic E-state index is 0.0249. The van der Waals surface area contributed by atoms with Crippen LogP contribution < -0.4 is 11.5 Å². The standard InChI is InChI=1S/C9H13F3N4O2/c1-5-6(13)7(8(14)17)16(15-5)2-3-18-4-9(10,11)12/h2-4,13H2,1H3,(H2,14,17). The first-order valence-corrected chi connectivity index (χ1v) is 4.99. The molecule has 4 N–H and O–H groups in total. The number of nitrogens with two attached hydrogens (primary N) is 2. The van der Waals surface area contributed by atoms with Gasteiger partial charge in [-0.3, -0.25) is 9.48 Å². The van der Waals surface area contributed by atoms with E-state index in [1.807, 2.05) is 0 Å². The number of aryl methyl sites for hydroxylation is 1. The Morgan fingerprint density at radius 1 is 1.50 bits per heavy atom. The van der Waals surface area contributed by atoms with Crippen molar-refractivity contribution in [1.82, 2.24) is 9.78 Å². The van der Waals surface area contributed by atoms with Gasteiger partial charge in [0.15, 0.2) is 0 Å². The van der Waals surface area contributed by atoms with Crippen LogP contribution >= 0.6 is 0 Å². The van der Waals surface area contributed by atoms with Crippen molar-refractivity contribution in [2.45, 2.75) is 19.6 Å². The summed E-state index contributed by atoms with van der Waals surface area (Å²) >= 11 is 0. The molecule has 0 spiro atoms. The molecule has 0 aliphatic carbocycles. The predicted molar refractivity (Wildman–Crippen MR) is 56.8 cm³/mol. The molecular formula is C9H13F3N4O2. The van der Waals surface area contributed by atoms with E-state index in [1.54, 1.807) is 6.92 Å². The smallest absolute Gasteiger partial charge is 0.395 e. The number of rotatable bonds is 5. The summed E-state index contributed by atoms with van der Waals surface area (Å²) in [5.74, 6) is -0.788. The Morgan fingerprint density at radius 2 is 2.11 bits per heavy atom. The molecule has 1 aromatic heterocycles. The number of hydrogen-bond acceptors (Lipinski definition) is 4. The van der Waals surface area contributed by atoms with Crippen molar-refractivity contribution >= 4 is 11.6 Å². The van der Waals surface area contributed by atoms with Gasteiger partial charge in [-0.25, -0.2) is 0 Å². The number of carbonyl (C=O) groups is 1. The summed E-state index contributed by atoms with van der Waals surface area (Å²) in [6.07, 6.45) is -4.38. The summed E-state index contributed by atoms with van der Waals surface area (Å²) in [5, 5.41) is 3.89. The molecule has 18 heavy (non-hydrogen) atoms. The monoisotopic (exact) mass is 266 g/mol. The maximum absolute atomic E-state index is 11.8. The molecule has 1 amide bonds. The van der Waals surface area contributed by atoms with Crippen molar-refractivity contribution in [3.63, 3.8) is 0 Å². The molecule has 1 aromatic rings. The lowest BCUT2D eigenvalue weighted by Gasteiger charge is -2.08. The van der Waals surface area contributed by atoms with E-state index in [-0.39, 0.29) is 24.5 Å². The Bertz CT molecular complexity index is 442. The van der Waals surface area contributed by atoms with Crippen molar-refractivity contribution in [1.29, 1.82) is 0 Å². The van der Waals surface area contributed by atoms with Crippen LogP contribution in [0.15, 0.2) is 0 Å². The third kappa shape index (κ3) is 3.62. The first-order chi connectivity index (χ1) is 8.22. The summed E-state index contributed by atoms with van der Waals surface area (Å²) in [6, 6.07) is 0. The number of hydrogen-bond donors (Lipinski definition) is 2. The third-order valence-electron chi connectivity index (χ3n) is 2.12. The fourth-order valence-corrected chi connectivity index (χ4v) is 1.36. The Hall–Kier alpha value is -1.77. The molecule has 9 heteroatoms. The van der Waals surface area contributed by atoms with Gasteiger partial charge in [0.25, 0.3) is 5.91 Å². The molecule has 0 saturated carbocycles. The number of alkyl halides is 3. The zero-order chi connectivity index (χ0) is 13.9. The van der Waals surface area contributed by atoms with Crippen molar-refractivity contribution in [3.8, 4) is 0 Å². The Morgan fingerprint density at radius 3 is 2.61 bits per heavy atom. The van der Waals surface area contributed by atoms with Gasteiger partial charge < -0.3 is 16.2 Å². The van der Waals surface area contributed by atoms with Crippen LogP contribution in [-0.4, -0.2) is 35.1 Å². The molecule has 0 aliphatic rings. The van der Waals surface area contributed by atoms with E-state index < -0.39 is 18.7 Å². The van der Waals surface area contributed by atoms with E-state index in [2.05, 4.69) is 9.84 Å². The van der Waals surface area contributed by atoms with Crippen LogP contribution in [0.4, 0.5) is 18.9 Å². The number of halogens is 3. The molecule has 0 aromatic carbocycles. The average molecular weight is 266 g/mol. The van der Waals surface area contributed by atoms with Crippen LogP contribution in [0.5, 0.6) is 0 Å². The molecule has 0 radical (unpaired) electrons. The van der Waals surface area contributed by atoms with Gasteiger partial charge in [0.05, 0.1) is 24.5 Å². The summed E-state index contributed by atoms with van der Waals surface area (Å²) in [5.41, 5.74) is 11.2. The highest BCUT2D eigenvalue weighted by Gasteiger charge is 2.27. The molecule has 0 atom stereocenters. The van der Waals surface area contributed by atoms with Gasteiger partial charge in [0.2, 0.25) is 0 Å². The van der Waals surface area contributed by atoms with Gasteiger partial charge in [-0.15, -0.1) is 0 Å². The van der Waals surface area contributed by atoms with Crippen molar-refractivity contribution in [3.05, 3.63) is 11.4 Å². The Labute approximate surface area is 101 Å². The lowest BCUT2D eigenvalue weighted by atomic mass is 10.3. The van der Waals surface area contributed by atoms with E-state index in [9.17, 15) is 18.0 Å². The van der Waals surface area contributed by atoms with Crippen molar-refractivity contribution in [2.75, 3.05) is 18.9 Å². The number of carbonyl (C=O) groups excluding carboxylic acids is 1. The molecule has 6 nitrogen and oxygen atoms in total. The Kier molecular flexibility index (Phi) is 4.17. The largest absolute Gasteiger partial charge is 0.411 e. The maximum Gasteiger partial charge on any atom is 0.411 e. The van der Waals surface area contributed by atoms with Crippen LogP contribution in [-0.2, 0) is 11.3 Å². The van der Waals surface area contributed by atoms with E-state index in [0.29, 0.717) is 5.69 Å². The van der Waals surface area contributed by atoms with Gasteiger partial charge in [-0.1, -0.05) is 0 Å². The van der Waals surface area contributed by atoms with Gasteiger partial charge >= 0.3 is 6.18 Å². The lowest BCUT2D eigenvalue weighted by Crippen LogP contribution is -2.23. The maximum atomic E-state index is 11.8. The average Bonchev–Trinajstić information content (AvgIpc) is 2.48. The quantitative estimate of drug-likeness (QED) is 0.756. The van der Waals surface area contributed by atoms with Crippen LogP contribution in [0.25, 0.3) is 0 Å². The van der Waals surface area contributed by atoms with Crippen molar-refractivity contribution in [2.24, 2.45) is 5.73 Å². The minimum atomic E-state index is -4.38. The normalized spacial score (nSPS) is 11.8. The summed E-state index contributed by atoms with van der Waals surface area (Å²) < 4.78 is 41.0. The first-order valence-electron chi connectivity index (χ1n) is 4.99. The fourth-order valence-electron chi connectivity index (χ4n) is 1.36. The lowest BCUT2D eigenvalue weighted by molar-refractivity contribution is -0.174. The molecule has 0 unspecified atom stereocenters. The highest BCUT2D eigenvalue weighted by Crippen LogP contribution is 2.16. The second kappa shape index (κ2) is 5.25. The van der Waals surface area contributed by atoms with Gasteiger partial charge in [-0.2, -0.15) is 18.3 Å². The van der Waals surface area contributed by atoms with E-state index in [0.717, 1.165) is 4.68 Å². The zero-order valence-electron chi connectivity index (χ0n) is 9.62. The van der Waals surface area contributed by atoms with Crippen LogP contribution in [0.3, 0.4) is 0 Å². The summed E-state index contributed by atoms with van der Waals surface area (Å²) in [7, 11) is 0. The van der Waals surface area contributed by atoms with Crippen LogP contribution in [0.1, 0.15) is 16.2 Å². The highest BCUT2D eigenvalue weighted by molar-refractivity contribution is 5.96. The number of ether oxygens (including phenoxy) is 1. The summed E-state index contributed by atoms with van der Waals surface area (Å²) in [4.78, 5) is 11.1. The first kappa shape index (κ1) is 14.3. The van der Waals surface area contributed by atoms with Gasteiger partial charge in [-0.05, 0) is 6.92 Å². The molecular weight excluding hydrogens is 253 g/mol. The van der Waals surface area contributed by atoms with Crippen LogP contribution in [0.2, 0.25) is 0 Å². The number of primary amides is 1. The SMILES string of the molecule is Cc1nn(CCOCC(F)(F)F)c(C(N)=O)c1N. The molecule has 0 bridgehead atoms. The molecule has 1 heterocycles. The predicted octanol–water partition coefficient (Wildman–Crippen LogP) is 0.452. The third-order valence-corrected chi connectivity index (χ3v) is 2.12. The molecule has 0 saturated heterocycles. The molecule has 102 valence electrons. The second-order valence-electron chi connectivity index (χ2n) is 3.60. The number of aromatic nitrogens is 2. The van der Waals surface area contributed by atoms with E-state index >= 15 is 0 Å². The second-order valence-corrected chi connectivity index (χ2v) is 3.60. The molecule has 1 rings (SSSR count). The van der Waals surface area contributed by atoms with E-state index in [1.165, 1.54) is 0 Å². The number of anilines is 1. The van der Waals surface area contributed by atoms with Crippen LogP contribution in [0, 0.1) is 6.92 Å². The number of nitrogens with zero attached hydrogens (tertiary/aromatic N) is 2. The molecule has 0 aliphatic heterocycles. The highest BCUT2D eigenvalue weighted by atomic mass is 19.4. The molecule has 0 fully saturated rings. The topological polar surface area (TPSA) is 96.2 Å². The summed E-state index contributed by atoms with van der Waals surface area (Å²) in [6.45, 7) is -0.0732. The minimum Gasteiger partial charge on any atom is -0.395 e. The zero-order valence-corrected chi connectivity index (χ0v) is 9.62. The number of nitrogen functional groups attached to an aromatic ring is 1. The van der Waals surface area contributed by atoms with E-state index in [4.69, 9.17) is 11.5 Å². The number of amides is 1. The fraction of sp³-hybridized carbons (Fsp3) is 0.556. The van der Waals surface area contributed by atoms with Gasteiger partial charge in [0.1, 0.15) is 12.3 Å². The Balaban J connectivity index is 2.63. The van der Waals surface area contributed by atoms with Gasteiger partial charge in [0, 0.05) is 0 Å². The van der Waals surface area contributed by atoms with Crippen molar-refractivity contribution < 1.29 is 22.7 Å².